The molecule has 1 fully saturated rings. The fourth-order valence-corrected chi connectivity index (χ4v) is 3.66. The van der Waals surface area contributed by atoms with E-state index in [1.54, 1.807) is 12.1 Å². The lowest BCUT2D eigenvalue weighted by Gasteiger charge is -2.15. The van der Waals surface area contributed by atoms with Crippen molar-refractivity contribution in [1.82, 2.24) is 0 Å². The van der Waals surface area contributed by atoms with Gasteiger partial charge in [-0.15, -0.1) is 5.10 Å². The number of carboxylic acids is 1. The highest BCUT2D eigenvalue weighted by Crippen LogP contribution is 2.34. The van der Waals surface area contributed by atoms with E-state index < -0.39 is 17.1 Å². The minimum absolute atomic E-state index is 0.0112. The normalized spacial score (nSPS) is 18.0. The van der Waals surface area contributed by atoms with E-state index >= 15 is 0 Å². The first-order valence-electron chi connectivity index (χ1n) is 8.38. The van der Waals surface area contributed by atoms with Crippen LogP contribution in [-0.2, 0) is 9.59 Å². The molecule has 0 aliphatic carbocycles. The molecule has 150 valence electrons. The number of methoxy groups -OCH3 is 1. The molecular formula is C19H17N3O6S. The number of carbonyl (C=O) groups is 2. The van der Waals surface area contributed by atoms with Crippen LogP contribution in [0.15, 0.2) is 52.7 Å². The standard InChI is InChI=1S/C19H17N3O6S/c1-28-15-8-11(2-7-14(15)24)10-20-21-19-22(12-3-5-13(23)6-4-12)18(27)16(29-19)9-17(25)26/h2-8,10,16,23-24H,9H2,1H3,(H,25,26)/b20-10+,21-19+. The third-order valence-electron chi connectivity index (χ3n) is 3.96. The van der Waals surface area contributed by atoms with Crippen LogP contribution in [0.4, 0.5) is 5.69 Å². The summed E-state index contributed by atoms with van der Waals surface area (Å²) in [6.45, 7) is 0. The number of anilines is 1. The number of aliphatic carboxylic acids is 1. The van der Waals surface area contributed by atoms with Gasteiger partial charge in [0.15, 0.2) is 16.7 Å². The highest BCUT2D eigenvalue weighted by Gasteiger charge is 2.40. The van der Waals surface area contributed by atoms with E-state index in [4.69, 9.17) is 9.84 Å². The molecular weight excluding hydrogens is 398 g/mol. The van der Waals surface area contributed by atoms with Crippen molar-refractivity contribution < 1.29 is 29.6 Å². The van der Waals surface area contributed by atoms with Crippen molar-refractivity contribution in [3.8, 4) is 17.2 Å². The second kappa shape index (κ2) is 8.65. The maximum absolute atomic E-state index is 12.7. The van der Waals surface area contributed by atoms with E-state index in [0.717, 1.165) is 11.8 Å². The fourth-order valence-electron chi connectivity index (χ4n) is 2.58. The largest absolute Gasteiger partial charge is 0.508 e. The Morgan fingerprint density at radius 2 is 1.97 bits per heavy atom. The zero-order chi connectivity index (χ0) is 21.0. The van der Waals surface area contributed by atoms with Crippen LogP contribution >= 0.6 is 11.8 Å². The minimum atomic E-state index is -1.09. The minimum Gasteiger partial charge on any atom is -0.508 e. The number of rotatable bonds is 6. The van der Waals surface area contributed by atoms with Crippen molar-refractivity contribution >= 4 is 40.7 Å². The van der Waals surface area contributed by atoms with Crippen molar-refractivity contribution in [2.24, 2.45) is 10.2 Å². The molecule has 10 heteroatoms. The molecule has 2 aromatic rings. The number of carboxylic acid groups (broad SMARTS) is 1. The van der Waals surface area contributed by atoms with Gasteiger partial charge < -0.3 is 20.1 Å². The molecule has 0 spiro atoms. The van der Waals surface area contributed by atoms with Gasteiger partial charge in [0.05, 0.1) is 25.4 Å². The number of phenolic OH excluding ortho intramolecular Hbond substituents is 2. The molecule has 1 heterocycles. The molecule has 3 N–H and O–H groups in total. The van der Waals surface area contributed by atoms with Crippen LogP contribution in [0.25, 0.3) is 0 Å². The number of nitrogens with zero attached hydrogens (tertiary/aromatic N) is 3. The van der Waals surface area contributed by atoms with Gasteiger partial charge in [0, 0.05) is 0 Å². The van der Waals surface area contributed by atoms with E-state index in [9.17, 15) is 19.8 Å². The Kier molecular flexibility index (Phi) is 6.03. The topological polar surface area (TPSA) is 132 Å². The average Bonchev–Trinajstić information content (AvgIpc) is 2.98. The lowest BCUT2D eigenvalue weighted by Crippen LogP contribution is -2.32. The summed E-state index contributed by atoms with van der Waals surface area (Å²) in [4.78, 5) is 25.0. The van der Waals surface area contributed by atoms with E-state index in [0.29, 0.717) is 11.3 Å². The van der Waals surface area contributed by atoms with Crippen LogP contribution in [0.2, 0.25) is 0 Å². The van der Waals surface area contributed by atoms with Gasteiger partial charge in [0.25, 0.3) is 0 Å². The Morgan fingerprint density at radius 3 is 2.62 bits per heavy atom. The van der Waals surface area contributed by atoms with Gasteiger partial charge in [-0.1, -0.05) is 11.8 Å². The fraction of sp³-hybridized carbons (Fsp3) is 0.158. The summed E-state index contributed by atoms with van der Waals surface area (Å²) in [5.41, 5.74) is 1.05. The van der Waals surface area contributed by atoms with Gasteiger partial charge in [0.2, 0.25) is 5.91 Å². The molecule has 1 amide bonds. The molecule has 1 aliphatic rings. The maximum atomic E-state index is 12.7. The lowest BCUT2D eigenvalue weighted by atomic mass is 10.2. The maximum Gasteiger partial charge on any atom is 0.305 e. The summed E-state index contributed by atoms with van der Waals surface area (Å²) in [7, 11) is 1.43. The number of hydrogen-bond acceptors (Lipinski definition) is 8. The summed E-state index contributed by atoms with van der Waals surface area (Å²) in [6.07, 6.45) is 1.06. The molecule has 3 rings (SSSR count). The number of amides is 1. The Hall–Kier alpha value is -3.53. The summed E-state index contributed by atoms with van der Waals surface area (Å²) in [6, 6.07) is 10.5. The summed E-state index contributed by atoms with van der Waals surface area (Å²) in [5, 5.41) is 35.6. The van der Waals surface area contributed by atoms with Crippen molar-refractivity contribution in [2.45, 2.75) is 11.7 Å². The SMILES string of the molecule is COc1cc(/C=N/N=C2/SC(CC(=O)O)C(=O)N2c2ccc(O)cc2)ccc1O. The molecule has 1 unspecified atom stereocenters. The molecule has 1 aliphatic heterocycles. The van der Waals surface area contributed by atoms with Crippen molar-refractivity contribution in [1.29, 1.82) is 0 Å². The number of hydrogen-bond donors (Lipinski definition) is 3. The van der Waals surface area contributed by atoms with Gasteiger partial charge in [-0.25, -0.2) is 0 Å². The van der Waals surface area contributed by atoms with E-state index in [1.165, 1.54) is 48.6 Å². The molecule has 0 bridgehead atoms. The molecule has 0 saturated carbocycles. The molecule has 2 aromatic carbocycles. The summed E-state index contributed by atoms with van der Waals surface area (Å²) >= 11 is 1.00. The monoisotopic (exact) mass is 415 g/mol. The van der Waals surface area contributed by atoms with Crippen molar-refractivity contribution in [3.05, 3.63) is 48.0 Å². The van der Waals surface area contributed by atoms with Gasteiger partial charge in [-0.3, -0.25) is 14.5 Å². The Labute approximate surface area is 170 Å². The Balaban J connectivity index is 1.89. The van der Waals surface area contributed by atoms with Crippen LogP contribution in [0, 0.1) is 0 Å². The van der Waals surface area contributed by atoms with Gasteiger partial charge in [-0.05, 0) is 48.0 Å². The zero-order valence-electron chi connectivity index (χ0n) is 15.2. The highest BCUT2D eigenvalue weighted by atomic mass is 32.2. The average molecular weight is 415 g/mol. The molecule has 9 nitrogen and oxygen atoms in total. The van der Waals surface area contributed by atoms with Crippen molar-refractivity contribution in [2.75, 3.05) is 12.0 Å². The number of phenols is 2. The van der Waals surface area contributed by atoms with Gasteiger partial charge in [-0.2, -0.15) is 5.10 Å². The van der Waals surface area contributed by atoms with E-state index in [-0.39, 0.29) is 28.8 Å². The third-order valence-corrected chi connectivity index (χ3v) is 5.08. The Bertz CT molecular complexity index is 990. The van der Waals surface area contributed by atoms with Crippen LogP contribution in [0.3, 0.4) is 0 Å². The number of benzene rings is 2. The van der Waals surface area contributed by atoms with E-state index in [2.05, 4.69) is 10.2 Å². The van der Waals surface area contributed by atoms with Crippen LogP contribution in [0.1, 0.15) is 12.0 Å². The Morgan fingerprint density at radius 1 is 1.24 bits per heavy atom. The number of ether oxygens (including phenoxy) is 1. The molecule has 29 heavy (non-hydrogen) atoms. The number of thioether (sulfide) groups is 1. The first-order chi connectivity index (χ1) is 13.9. The first-order valence-corrected chi connectivity index (χ1v) is 9.26. The molecule has 0 radical (unpaired) electrons. The number of amidine groups is 1. The summed E-state index contributed by atoms with van der Waals surface area (Å²) in [5.74, 6) is -1.22. The lowest BCUT2D eigenvalue weighted by molar-refractivity contribution is -0.138. The summed E-state index contributed by atoms with van der Waals surface area (Å²) < 4.78 is 5.03. The molecule has 1 saturated heterocycles. The van der Waals surface area contributed by atoms with Crippen LogP contribution < -0.4 is 9.64 Å². The quantitative estimate of drug-likeness (QED) is 0.487. The second-order valence-electron chi connectivity index (χ2n) is 5.95. The van der Waals surface area contributed by atoms with Gasteiger partial charge in [0.1, 0.15) is 11.0 Å². The zero-order valence-corrected chi connectivity index (χ0v) is 16.0. The van der Waals surface area contributed by atoms with Crippen LogP contribution in [0.5, 0.6) is 17.2 Å². The first kappa shape index (κ1) is 20.2. The van der Waals surface area contributed by atoms with Crippen LogP contribution in [-0.4, -0.2) is 50.9 Å². The number of aromatic hydroxyl groups is 2. The molecule has 1 atom stereocenters. The molecule has 0 aromatic heterocycles. The highest BCUT2D eigenvalue weighted by molar-refractivity contribution is 8.16. The smallest absolute Gasteiger partial charge is 0.305 e. The third kappa shape index (κ3) is 4.66. The predicted molar refractivity (Wildman–Crippen MR) is 109 cm³/mol. The van der Waals surface area contributed by atoms with Crippen molar-refractivity contribution in [3.63, 3.8) is 0 Å². The van der Waals surface area contributed by atoms with E-state index in [1.807, 2.05) is 0 Å². The second-order valence-corrected chi connectivity index (χ2v) is 7.12. The predicted octanol–water partition coefficient (Wildman–Crippen LogP) is 2.42. The van der Waals surface area contributed by atoms with Gasteiger partial charge >= 0.3 is 5.97 Å². The number of carbonyl (C=O) groups excluding carboxylic acids is 1.